The Hall–Kier alpha value is -3.82. The molecule has 0 spiro atoms. The molecule has 3 aromatic heterocycles. The van der Waals surface area contributed by atoms with Crippen molar-refractivity contribution in [2.75, 3.05) is 11.1 Å². The molecule has 0 radical (unpaired) electrons. The van der Waals surface area contributed by atoms with Crippen LogP contribution in [-0.4, -0.2) is 30.9 Å². The zero-order chi connectivity index (χ0) is 19.8. The topological polar surface area (TPSA) is 125 Å². The number of H-pyrrole nitrogens is 2. The molecule has 3 heterocycles. The minimum absolute atomic E-state index is 0.0275. The number of aromatic amines is 2. The molecular weight excluding hydrogens is 368 g/mol. The first-order valence-corrected chi connectivity index (χ1v) is 8.30. The van der Waals surface area contributed by atoms with Crippen LogP contribution in [-0.2, 0) is 6.54 Å². The first-order valence-electron chi connectivity index (χ1n) is 8.30. The number of nitrogens with two attached hydrogens (primary N) is 1. The van der Waals surface area contributed by atoms with Crippen LogP contribution in [0.15, 0.2) is 30.7 Å². The van der Waals surface area contributed by atoms with E-state index in [2.05, 4.69) is 30.5 Å². The fourth-order valence-corrected chi connectivity index (χ4v) is 2.93. The third-order valence-corrected chi connectivity index (χ3v) is 4.26. The third-order valence-electron chi connectivity index (χ3n) is 4.26. The second kappa shape index (κ2) is 6.72. The number of nitrogens with one attached hydrogen (secondary N) is 3. The van der Waals surface area contributed by atoms with Crippen molar-refractivity contribution in [2.45, 2.75) is 13.5 Å². The van der Waals surface area contributed by atoms with Crippen LogP contribution < -0.4 is 11.1 Å². The molecule has 5 N–H and O–H groups in total. The van der Waals surface area contributed by atoms with Crippen LogP contribution in [0.25, 0.3) is 11.0 Å². The Kier molecular flexibility index (Phi) is 4.22. The van der Waals surface area contributed by atoms with Crippen molar-refractivity contribution in [2.24, 2.45) is 0 Å². The Bertz CT molecular complexity index is 1200. The minimum atomic E-state index is -1.10. The highest BCUT2D eigenvalue weighted by atomic mass is 19.1. The standard InChI is InChI=1S/C18H15F2N7O/c1-8-4-9(27-26-8)5-22-17-13-10(6-23-18(13)25-7-24-17)16(28)14-11(19)2-3-12(21)15(14)20/h2-4,6-7H,5,21H2,1H3,(H,26,27)(H2,22,23,24,25). The highest BCUT2D eigenvalue weighted by Gasteiger charge is 2.25. The van der Waals surface area contributed by atoms with Crippen LogP contribution in [0.4, 0.5) is 20.3 Å². The largest absolute Gasteiger partial charge is 0.396 e. The van der Waals surface area contributed by atoms with Gasteiger partial charge in [0.1, 0.15) is 23.6 Å². The Balaban J connectivity index is 1.76. The summed E-state index contributed by atoms with van der Waals surface area (Å²) in [7, 11) is 0. The fourth-order valence-electron chi connectivity index (χ4n) is 2.93. The highest BCUT2D eigenvalue weighted by molar-refractivity contribution is 6.18. The van der Waals surface area contributed by atoms with Gasteiger partial charge in [0.2, 0.25) is 5.78 Å². The Morgan fingerprint density at radius 2 is 2.11 bits per heavy atom. The van der Waals surface area contributed by atoms with Crippen molar-refractivity contribution >= 4 is 28.3 Å². The average Bonchev–Trinajstić information content (AvgIpc) is 3.29. The van der Waals surface area contributed by atoms with Gasteiger partial charge in [0, 0.05) is 11.9 Å². The lowest BCUT2D eigenvalue weighted by Gasteiger charge is -2.08. The predicted octanol–water partition coefficient (Wildman–Crippen LogP) is 2.69. The first kappa shape index (κ1) is 17.6. The average molecular weight is 383 g/mol. The van der Waals surface area contributed by atoms with E-state index in [0.29, 0.717) is 23.4 Å². The van der Waals surface area contributed by atoms with Gasteiger partial charge in [-0.1, -0.05) is 0 Å². The summed E-state index contributed by atoms with van der Waals surface area (Å²) in [6.07, 6.45) is 2.65. The molecule has 1 aromatic carbocycles. The summed E-state index contributed by atoms with van der Waals surface area (Å²) < 4.78 is 28.5. The summed E-state index contributed by atoms with van der Waals surface area (Å²) in [5.41, 5.74) is 6.47. The van der Waals surface area contributed by atoms with E-state index in [1.165, 1.54) is 12.5 Å². The zero-order valence-corrected chi connectivity index (χ0v) is 14.7. The number of halogens is 2. The number of aromatic nitrogens is 5. The maximum Gasteiger partial charge on any atom is 0.201 e. The zero-order valence-electron chi connectivity index (χ0n) is 14.7. The third kappa shape index (κ3) is 2.94. The molecule has 0 saturated heterocycles. The van der Waals surface area contributed by atoms with Gasteiger partial charge in [-0.3, -0.25) is 9.89 Å². The molecule has 4 aromatic rings. The molecule has 28 heavy (non-hydrogen) atoms. The van der Waals surface area contributed by atoms with Gasteiger partial charge < -0.3 is 16.0 Å². The fraction of sp³-hybridized carbons (Fsp3) is 0.111. The van der Waals surface area contributed by atoms with Crippen LogP contribution in [0, 0.1) is 18.6 Å². The molecule has 0 fully saturated rings. The van der Waals surface area contributed by atoms with Crippen LogP contribution in [0.3, 0.4) is 0 Å². The number of hydrogen-bond donors (Lipinski definition) is 4. The predicted molar refractivity (Wildman–Crippen MR) is 98.7 cm³/mol. The smallest absolute Gasteiger partial charge is 0.201 e. The molecular formula is C18H15F2N7O. The second-order valence-corrected chi connectivity index (χ2v) is 6.20. The number of aryl methyl sites for hydroxylation is 1. The van der Waals surface area contributed by atoms with Gasteiger partial charge >= 0.3 is 0 Å². The van der Waals surface area contributed by atoms with E-state index in [1.807, 2.05) is 13.0 Å². The van der Waals surface area contributed by atoms with E-state index < -0.39 is 23.0 Å². The van der Waals surface area contributed by atoms with Gasteiger partial charge in [-0.25, -0.2) is 18.7 Å². The first-order chi connectivity index (χ1) is 13.5. The molecule has 0 atom stereocenters. The van der Waals surface area contributed by atoms with Gasteiger partial charge in [-0.2, -0.15) is 5.10 Å². The van der Waals surface area contributed by atoms with E-state index in [1.54, 1.807) is 0 Å². The molecule has 0 aliphatic carbocycles. The van der Waals surface area contributed by atoms with Crippen LogP contribution in [0.2, 0.25) is 0 Å². The molecule has 0 unspecified atom stereocenters. The van der Waals surface area contributed by atoms with Crippen molar-refractivity contribution in [3.8, 4) is 0 Å². The summed E-state index contributed by atoms with van der Waals surface area (Å²) in [6.45, 7) is 2.20. The van der Waals surface area contributed by atoms with Crippen molar-refractivity contribution in [1.29, 1.82) is 0 Å². The van der Waals surface area contributed by atoms with Crippen molar-refractivity contribution < 1.29 is 13.6 Å². The van der Waals surface area contributed by atoms with Gasteiger partial charge in [0.05, 0.1) is 34.4 Å². The van der Waals surface area contributed by atoms with Crippen LogP contribution >= 0.6 is 0 Å². The number of fused-ring (bicyclic) bond motifs is 1. The van der Waals surface area contributed by atoms with Crippen molar-refractivity contribution in [3.05, 3.63) is 64.9 Å². The summed E-state index contributed by atoms with van der Waals surface area (Å²) in [6, 6.07) is 3.88. The Morgan fingerprint density at radius 3 is 2.86 bits per heavy atom. The molecule has 0 amide bonds. The molecule has 8 nitrogen and oxygen atoms in total. The number of hydrogen-bond acceptors (Lipinski definition) is 6. The summed E-state index contributed by atoms with van der Waals surface area (Å²) >= 11 is 0. The molecule has 0 saturated carbocycles. The quantitative estimate of drug-likeness (QED) is 0.310. The molecule has 10 heteroatoms. The van der Waals surface area contributed by atoms with Crippen molar-refractivity contribution in [3.63, 3.8) is 0 Å². The van der Waals surface area contributed by atoms with Crippen molar-refractivity contribution in [1.82, 2.24) is 25.1 Å². The van der Waals surface area contributed by atoms with E-state index in [4.69, 9.17) is 5.73 Å². The summed E-state index contributed by atoms with van der Waals surface area (Å²) in [4.78, 5) is 23.9. The summed E-state index contributed by atoms with van der Waals surface area (Å²) in [5.74, 6) is -2.62. The molecule has 0 aliphatic rings. The number of carbonyl (C=O) groups is 1. The number of benzene rings is 1. The van der Waals surface area contributed by atoms with E-state index >= 15 is 0 Å². The van der Waals surface area contributed by atoms with Gasteiger partial charge in [-0.15, -0.1) is 0 Å². The lowest BCUT2D eigenvalue weighted by atomic mass is 10.0. The van der Waals surface area contributed by atoms with Gasteiger partial charge in [-0.05, 0) is 25.1 Å². The lowest BCUT2D eigenvalue weighted by molar-refractivity contribution is 0.103. The number of carbonyl (C=O) groups excluding carboxylic acids is 1. The molecule has 4 rings (SSSR count). The van der Waals surface area contributed by atoms with E-state index in [-0.39, 0.29) is 11.3 Å². The molecule has 0 aliphatic heterocycles. The van der Waals surface area contributed by atoms with E-state index in [9.17, 15) is 13.6 Å². The lowest BCUT2D eigenvalue weighted by Crippen LogP contribution is -2.10. The maximum atomic E-state index is 14.3. The van der Waals surface area contributed by atoms with Crippen LogP contribution in [0.1, 0.15) is 27.3 Å². The minimum Gasteiger partial charge on any atom is -0.396 e. The monoisotopic (exact) mass is 383 g/mol. The van der Waals surface area contributed by atoms with Crippen LogP contribution in [0.5, 0.6) is 0 Å². The van der Waals surface area contributed by atoms with E-state index in [0.717, 1.165) is 23.5 Å². The summed E-state index contributed by atoms with van der Waals surface area (Å²) in [5, 5.41) is 10.3. The number of anilines is 2. The molecule has 0 bridgehead atoms. The van der Waals surface area contributed by atoms with Gasteiger partial charge in [0.25, 0.3) is 0 Å². The Labute approximate surface area is 157 Å². The second-order valence-electron chi connectivity index (χ2n) is 6.20. The number of nitrogen functional groups attached to an aromatic ring is 1. The molecule has 142 valence electrons. The number of rotatable bonds is 5. The maximum absolute atomic E-state index is 14.3. The number of ketones is 1. The SMILES string of the molecule is Cc1cc(CNc2ncnc3[nH]cc(C(=O)c4c(F)ccc(N)c4F)c23)n[nH]1. The Morgan fingerprint density at radius 1 is 1.29 bits per heavy atom. The van der Waals surface area contributed by atoms with Gasteiger partial charge in [0.15, 0.2) is 5.82 Å². The normalized spacial score (nSPS) is 11.1. The highest BCUT2D eigenvalue weighted by Crippen LogP contribution is 2.28. The number of nitrogens with zero attached hydrogens (tertiary/aromatic N) is 3.